The van der Waals surface area contributed by atoms with Crippen LogP contribution in [0.3, 0.4) is 0 Å². The third-order valence-corrected chi connectivity index (χ3v) is 0.662. The van der Waals surface area contributed by atoms with E-state index in [-0.39, 0.29) is 12.5 Å². The van der Waals surface area contributed by atoms with Crippen LogP contribution in [0.1, 0.15) is 0 Å². The van der Waals surface area contributed by atoms with Gasteiger partial charge in [-0.15, -0.1) is 0 Å². The number of rotatable bonds is 0. The number of carbonyl (C=O) groups is 2. The largest absolute Gasteiger partial charge is 0.329 e. The summed E-state index contributed by atoms with van der Waals surface area (Å²) < 4.78 is 0. The number of amides is 3. The zero-order valence-electron chi connectivity index (χ0n) is 3.52. The van der Waals surface area contributed by atoms with Crippen LogP contribution in [-0.4, -0.2) is 18.5 Å². The number of carbonyl (C=O) groups excluding carboxylic acids is 2. The molecule has 0 atom stereocenters. The van der Waals surface area contributed by atoms with Gasteiger partial charge in [0.25, 0.3) is 0 Å². The van der Waals surface area contributed by atoms with Crippen molar-refractivity contribution in [3.63, 3.8) is 0 Å². The highest BCUT2D eigenvalue weighted by Crippen LogP contribution is 1.73. The lowest BCUT2D eigenvalue weighted by Crippen LogP contribution is -2.22. The summed E-state index contributed by atoms with van der Waals surface area (Å²) in [5.74, 6) is -0.259. The maximum atomic E-state index is 10.1. The van der Waals surface area contributed by atoms with Crippen LogP contribution in [0.5, 0.6) is 0 Å². The summed E-state index contributed by atoms with van der Waals surface area (Å²) in [7, 11) is 0. The minimum atomic E-state index is -0.398. The summed E-state index contributed by atoms with van der Waals surface area (Å²) in [5.41, 5.74) is 0. The number of imide groups is 1. The highest BCUT2D eigenvalue weighted by atomic mass is 16.2. The molecule has 0 saturated carbocycles. The van der Waals surface area contributed by atoms with Gasteiger partial charge in [-0.1, -0.05) is 0 Å². The molecule has 0 radical (unpaired) electrons. The first-order valence-corrected chi connectivity index (χ1v) is 1.87. The van der Waals surface area contributed by atoms with E-state index >= 15 is 0 Å². The van der Waals surface area contributed by atoms with Crippen molar-refractivity contribution in [1.29, 1.82) is 0 Å². The van der Waals surface area contributed by atoms with E-state index in [2.05, 4.69) is 5.32 Å². The molecule has 0 unspecified atom stereocenters. The average Bonchev–Trinajstić information content (AvgIpc) is 1.87. The van der Waals surface area contributed by atoms with Crippen molar-refractivity contribution >= 4 is 11.9 Å². The van der Waals surface area contributed by atoms with Crippen LogP contribution in [0.15, 0.2) is 0 Å². The summed E-state index contributed by atoms with van der Waals surface area (Å²) in [5, 5.41) is 4.30. The Balaban J connectivity index is 2.55. The van der Waals surface area contributed by atoms with Crippen molar-refractivity contribution < 1.29 is 9.59 Å². The zero-order valence-corrected chi connectivity index (χ0v) is 3.52. The molecule has 1 heterocycles. The van der Waals surface area contributed by atoms with Gasteiger partial charge in [0.2, 0.25) is 5.91 Å². The van der Waals surface area contributed by atoms with E-state index in [1.54, 1.807) is 0 Å². The number of hydrogen-bond donors (Lipinski definition) is 2. The number of hydrogen-bond acceptors (Lipinski definition) is 2. The lowest BCUT2D eigenvalue weighted by Gasteiger charge is -1.78. The van der Waals surface area contributed by atoms with Crippen molar-refractivity contribution in [2.24, 2.45) is 0 Å². The SMILES string of the molecule is O=C1[13CH2][15NH]C(=O)N1. The van der Waals surface area contributed by atoms with Crippen LogP contribution in [0, 0.1) is 0 Å². The zero-order chi connectivity index (χ0) is 5.28. The molecule has 0 aliphatic carbocycles. The summed E-state index contributed by atoms with van der Waals surface area (Å²) in [6, 6.07) is -0.398. The van der Waals surface area contributed by atoms with E-state index < -0.39 is 6.03 Å². The summed E-state index contributed by atoms with van der Waals surface area (Å²) >= 11 is 0. The van der Waals surface area contributed by atoms with Crippen LogP contribution >= 0.6 is 0 Å². The molecule has 1 aliphatic rings. The Labute approximate surface area is 39.9 Å². The molecule has 0 aromatic carbocycles. The molecule has 1 fully saturated rings. The second-order valence-electron chi connectivity index (χ2n) is 1.23. The monoisotopic (exact) mass is 102 g/mol. The molecule has 38 valence electrons. The molecule has 3 amide bonds. The Morgan fingerprint density at radius 1 is 1.43 bits per heavy atom. The molecule has 4 nitrogen and oxygen atoms in total. The maximum absolute atomic E-state index is 10.1. The minimum Gasteiger partial charge on any atom is -0.329 e. The first-order valence-electron chi connectivity index (χ1n) is 1.87. The second-order valence-corrected chi connectivity index (χ2v) is 1.23. The van der Waals surface area contributed by atoms with Gasteiger partial charge in [-0.05, 0) is 0 Å². The highest BCUT2D eigenvalue weighted by Gasteiger charge is 2.14. The van der Waals surface area contributed by atoms with Crippen LogP contribution in [0.4, 0.5) is 4.79 Å². The van der Waals surface area contributed by atoms with E-state index in [0.29, 0.717) is 0 Å². The quantitative estimate of drug-likeness (QED) is 0.230. The molecule has 0 spiro atoms. The average molecular weight is 102 g/mol. The van der Waals surface area contributed by atoms with Gasteiger partial charge in [-0.25, -0.2) is 4.79 Å². The number of nitrogens with one attached hydrogen (secondary N) is 2. The fourth-order valence-electron chi connectivity index (χ4n) is 0.376. The van der Waals surface area contributed by atoms with Gasteiger partial charge in [-0.3, -0.25) is 10.1 Å². The molecule has 4 heteroatoms. The molecule has 0 aromatic rings. The summed E-state index contributed by atoms with van der Waals surface area (Å²) in [6.45, 7) is 0.124. The van der Waals surface area contributed by atoms with Crippen molar-refractivity contribution in [2.75, 3.05) is 6.54 Å². The first-order chi connectivity index (χ1) is 3.29. The predicted octanol–water partition coefficient (Wildman–Crippen LogP) is -1.17. The Bertz CT molecular complexity index is 106. The molecule has 7 heavy (non-hydrogen) atoms. The normalized spacial score (nSPS) is 18.9. The Kier molecular flexibility index (Phi) is 0.714. The Morgan fingerprint density at radius 2 is 2.14 bits per heavy atom. The Morgan fingerprint density at radius 3 is 2.29 bits per heavy atom. The van der Waals surface area contributed by atoms with E-state index in [4.69, 9.17) is 0 Å². The second kappa shape index (κ2) is 1.22. The van der Waals surface area contributed by atoms with Crippen molar-refractivity contribution in [3.8, 4) is 0 Å². The highest BCUT2D eigenvalue weighted by molar-refractivity contribution is 6.01. The maximum Gasteiger partial charge on any atom is 0.321 e. The lowest BCUT2D eigenvalue weighted by molar-refractivity contribution is -0.117. The van der Waals surface area contributed by atoms with Gasteiger partial charge >= 0.3 is 6.03 Å². The van der Waals surface area contributed by atoms with Gasteiger partial charge in [-0.2, -0.15) is 0 Å². The van der Waals surface area contributed by atoms with Crippen LogP contribution in [-0.2, 0) is 4.79 Å². The minimum absolute atomic E-state index is 0.124. The molecular weight excluding hydrogens is 98.0 g/mol. The molecule has 0 aromatic heterocycles. The fourth-order valence-corrected chi connectivity index (χ4v) is 0.376. The topological polar surface area (TPSA) is 58.2 Å². The van der Waals surface area contributed by atoms with Gasteiger partial charge in [0.05, 0.1) is 6.54 Å². The van der Waals surface area contributed by atoms with Crippen molar-refractivity contribution in [3.05, 3.63) is 0 Å². The van der Waals surface area contributed by atoms with E-state index in [9.17, 15) is 9.59 Å². The molecule has 1 aliphatic heterocycles. The molecule has 0 bridgehead atoms. The summed E-state index contributed by atoms with van der Waals surface area (Å²) in [6.07, 6.45) is 0. The Hall–Kier alpha value is -1.06. The standard InChI is InChI=1S/C3H4N2O2/c6-2-1-4-3(7)5-2/h1H2,(H2,4,5,6,7)/i1+1,4+1. The number of urea groups is 1. The van der Waals surface area contributed by atoms with Crippen LogP contribution in [0.2, 0.25) is 0 Å². The van der Waals surface area contributed by atoms with Crippen LogP contribution < -0.4 is 10.6 Å². The van der Waals surface area contributed by atoms with Gasteiger partial charge in [0.1, 0.15) is 0 Å². The van der Waals surface area contributed by atoms with Crippen LogP contribution in [0.25, 0.3) is 0 Å². The van der Waals surface area contributed by atoms with Gasteiger partial charge < -0.3 is 5.32 Å². The smallest absolute Gasteiger partial charge is 0.321 e. The van der Waals surface area contributed by atoms with Crippen molar-refractivity contribution in [2.45, 2.75) is 0 Å². The third-order valence-electron chi connectivity index (χ3n) is 0.662. The molecule has 2 N–H and O–H groups in total. The predicted molar refractivity (Wildman–Crippen MR) is 21.5 cm³/mol. The fraction of sp³-hybridized carbons (Fsp3) is 0.333. The van der Waals surface area contributed by atoms with Gasteiger partial charge in [0.15, 0.2) is 0 Å². The third kappa shape index (κ3) is 0.677. The molecule has 1 rings (SSSR count). The van der Waals surface area contributed by atoms with Gasteiger partial charge in [0, 0.05) is 0 Å². The van der Waals surface area contributed by atoms with Crippen molar-refractivity contribution in [1.82, 2.24) is 10.6 Å². The first kappa shape index (κ1) is 4.11. The van der Waals surface area contributed by atoms with E-state index in [0.717, 1.165) is 0 Å². The molecule has 1 saturated heterocycles. The summed E-state index contributed by atoms with van der Waals surface area (Å²) in [4.78, 5) is 20.1. The lowest BCUT2D eigenvalue weighted by atomic mass is 10.9. The van der Waals surface area contributed by atoms with E-state index in [1.165, 1.54) is 0 Å². The van der Waals surface area contributed by atoms with E-state index in [1.807, 2.05) is 5.32 Å². The molecular formula is C3H4N2O2.